The van der Waals surface area contributed by atoms with Crippen molar-refractivity contribution in [3.05, 3.63) is 93.9 Å². The summed E-state index contributed by atoms with van der Waals surface area (Å²) in [7, 11) is 0. The number of rotatable bonds is 5. The van der Waals surface area contributed by atoms with E-state index in [-0.39, 0.29) is 12.4 Å². The van der Waals surface area contributed by atoms with Crippen molar-refractivity contribution in [2.75, 3.05) is 0 Å². The highest BCUT2D eigenvalue weighted by molar-refractivity contribution is 6.32. The molecule has 4 rings (SSSR count). The van der Waals surface area contributed by atoms with E-state index in [0.29, 0.717) is 17.4 Å². The summed E-state index contributed by atoms with van der Waals surface area (Å²) in [4.78, 5) is 4.63. The minimum absolute atomic E-state index is 0. The lowest BCUT2D eigenvalue weighted by Crippen LogP contribution is -2.06. The second kappa shape index (κ2) is 8.89. The molecule has 0 aliphatic carbocycles. The summed E-state index contributed by atoms with van der Waals surface area (Å²) < 4.78 is 8.33. The predicted molar refractivity (Wildman–Crippen MR) is 123 cm³/mol. The quantitative estimate of drug-likeness (QED) is 0.356. The SMILES string of the molecule is Cc1ccc(Cn2c(C)c(C)c3ccnc(COc4ccccc4Cl)c32)cc1.Cl. The number of halogens is 2. The Kier molecular flexibility index (Phi) is 6.51. The van der Waals surface area contributed by atoms with Crippen LogP contribution in [0.3, 0.4) is 0 Å². The van der Waals surface area contributed by atoms with Gasteiger partial charge in [0.2, 0.25) is 0 Å². The highest BCUT2D eigenvalue weighted by Crippen LogP contribution is 2.30. The third-order valence-corrected chi connectivity index (χ3v) is 5.60. The van der Waals surface area contributed by atoms with Gasteiger partial charge >= 0.3 is 0 Å². The number of aryl methyl sites for hydroxylation is 2. The molecule has 3 nitrogen and oxygen atoms in total. The van der Waals surface area contributed by atoms with Gasteiger partial charge in [-0.25, -0.2) is 0 Å². The van der Waals surface area contributed by atoms with Crippen LogP contribution >= 0.6 is 24.0 Å². The van der Waals surface area contributed by atoms with Gasteiger partial charge in [0.15, 0.2) is 0 Å². The molecular formula is C24H24Cl2N2O. The van der Waals surface area contributed by atoms with Crippen LogP contribution in [0.25, 0.3) is 10.9 Å². The summed E-state index contributed by atoms with van der Waals surface area (Å²) in [6, 6.07) is 18.3. The third kappa shape index (κ3) is 4.26. The van der Waals surface area contributed by atoms with Crippen LogP contribution in [0.2, 0.25) is 5.02 Å². The van der Waals surface area contributed by atoms with Gasteiger partial charge in [-0.1, -0.05) is 53.6 Å². The Bertz CT molecular complexity index is 1130. The Morgan fingerprint density at radius 1 is 0.966 bits per heavy atom. The molecule has 150 valence electrons. The van der Waals surface area contributed by atoms with Gasteiger partial charge in [0.1, 0.15) is 18.1 Å². The predicted octanol–water partition coefficient (Wildman–Crippen LogP) is 6.66. The summed E-state index contributed by atoms with van der Waals surface area (Å²) in [5.74, 6) is 0.674. The lowest BCUT2D eigenvalue weighted by Gasteiger charge is -2.13. The minimum atomic E-state index is 0. The van der Waals surface area contributed by atoms with Crippen molar-refractivity contribution in [3.63, 3.8) is 0 Å². The van der Waals surface area contributed by atoms with Crippen LogP contribution in [0.15, 0.2) is 60.8 Å². The van der Waals surface area contributed by atoms with Gasteiger partial charge in [-0.15, -0.1) is 12.4 Å². The van der Waals surface area contributed by atoms with Crippen molar-refractivity contribution in [1.82, 2.24) is 9.55 Å². The van der Waals surface area contributed by atoms with Crippen LogP contribution in [0.5, 0.6) is 5.75 Å². The number of hydrogen-bond donors (Lipinski definition) is 0. The van der Waals surface area contributed by atoms with Gasteiger partial charge in [-0.3, -0.25) is 4.98 Å². The average molecular weight is 427 g/mol. The number of para-hydroxylation sites is 1. The molecule has 0 aliphatic rings. The highest BCUT2D eigenvalue weighted by atomic mass is 35.5. The van der Waals surface area contributed by atoms with Gasteiger partial charge in [-0.05, 0) is 50.1 Å². The maximum atomic E-state index is 6.24. The Balaban J connectivity index is 0.00000240. The molecule has 0 unspecified atom stereocenters. The molecule has 2 heterocycles. The largest absolute Gasteiger partial charge is 0.486 e. The van der Waals surface area contributed by atoms with Crippen molar-refractivity contribution >= 4 is 34.9 Å². The smallest absolute Gasteiger partial charge is 0.138 e. The zero-order chi connectivity index (χ0) is 19.7. The van der Waals surface area contributed by atoms with E-state index in [1.165, 1.54) is 27.8 Å². The molecule has 5 heteroatoms. The zero-order valence-electron chi connectivity index (χ0n) is 16.8. The van der Waals surface area contributed by atoms with Gasteiger partial charge in [-0.2, -0.15) is 0 Å². The van der Waals surface area contributed by atoms with Crippen molar-refractivity contribution in [2.45, 2.75) is 33.9 Å². The van der Waals surface area contributed by atoms with Gasteiger partial charge < -0.3 is 9.30 Å². The van der Waals surface area contributed by atoms with Crippen molar-refractivity contribution < 1.29 is 4.74 Å². The molecule has 0 amide bonds. The normalized spacial score (nSPS) is 10.8. The fourth-order valence-electron chi connectivity index (χ4n) is 3.55. The number of hydrogen-bond acceptors (Lipinski definition) is 2. The van der Waals surface area contributed by atoms with E-state index < -0.39 is 0 Å². The molecule has 4 aromatic rings. The second-order valence-corrected chi connectivity index (χ2v) is 7.56. The Morgan fingerprint density at radius 2 is 1.69 bits per heavy atom. The Labute approximate surface area is 182 Å². The first-order valence-corrected chi connectivity index (χ1v) is 9.78. The van der Waals surface area contributed by atoms with Crippen molar-refractivity contribution in [2.24, 2.45) is 0 Å². The van der Waals surface area contributed by atoms with Crippen molar-refractivity contribution in [1.29, 1.82) is 0 Å². The molecule has 0 fully saturated rings. The summed E-state index contributed by atoms with van der Waals surface area (Å²) in [6.45, 7) is 7.63. The van der Waals surface area contributed by atoms with Crippen LogP contribution in [-0.4, -0.2) is 9.55 Å². The summed E-state index contributed by atoms with van der Waals surface area (Å²) >= 11 is 6.24. The highest BCUT2D eigenvalue weighted by Gasteiger charge is 2.16. The first kappa shape index (κ1) is 21.2. The van der Waals surface area contributed by atoms with E-state index in [1.54, 1.807) is 0 Å². The molecule has 0 saturated carbocycles. The first-order valence-electron chi connectivity index (χ1n) is 9.40. The lowest BCUT2D eigenvalue weighted by molar-refractivity contribution is 0.302. The van der Waals surface area contributed by atoms with E-state index in [2.05, 4.69) is 60.7 Å². The lowest BCUT2D eigenvalue weighted by atomic mass is 10.1. The molecule has 0 bridgehead atoms. The second-order valence-electron chi connectivity index (χ2n) is 7.16. The first-order chi connectivity index (χ1) is 13.5. The minimum Gasteiger partial charge on any atom is -0.486 e. The average Bonchev–Trinajstić information content (AvgIpc) is 2.94. The maximum Gasteiger partial charge on any atom is 0.138 e. The molecule has 2 aromatic heterocycles. The van der Waals surface area contributed by atoms with Crippen LogP contribution in [-0.2, 0) is 13.2 Å². The molecule has 0 saturated heterocycles. The molecule has 0 radical (unpaired) electrons. The zero-order valence-corrected chi connectivity index (χ0v) is 18.3. The van der Waals surface area contributed by atoms with Gasteiger partial charge in [0.25, 0.3) is 0 Å². The maximum absolute atomic E-state index is 6.24. The van der Waals surface area contributed by atoms with Gasteiger partial charge in [0, 0.05) is 23.8 Å². The van der Waals surface area contributed by atoms with E-state index in [1.807, 2.05) is 30.5 Å². The number of pyridine rings is 1. The topological polar surface area (TPSA) is 27.1 Å². The number of fused-ring (bicyclic) bond motifs is 1. The van der Waals surface area contributed by atoms with Crippen molar-refractivity contribution in [3.8, 4) is 5.75 Å². The molecule has 0 N–H and O–H groups in total. The standard InChI is InChI=1S/C24H23ClN2O.ClH/c1-16-8-10-19(11-9-16)14-27-18(3)17(2)20-12-13-26-22(24(20)27)15-28-23-7-5-4-6-21(23)25;/h4-13H,14-15H2,1-3H3;1H. The van der Waals surface area contributed by atoms with Crippen LogP contribution < -0.4 is 4.74 Å². The molecular weight excluding hydrogens is 403 g/mol. The summed E-state index contributed by atoms with van der Waals surface area (Å²) in [6.07, 6.45) is 1.86. The Morgan fingerprint density at radius 3 is 2.41 bits per heavy atom. The third-order valence-electron chi connectivity index (χ3n) is 5.28. The summed E-state index contributed by atoms with van der Waals surface area (Å²) in [5, 5.41) is 1.83. The number of aromatic nitrogens is 2. The monoisotopic (exact) mass is 426 g/mol. The van der Waals surface area contributed by atoms with E-state index in [9.17, 15) is 0 Å². The fraction of sp³-hybridized carbons (Fsp3) is 0.208. The number of nitrogens with zero attached hydrogens (tertiary/aromatic N) is 2. The fourth-order valence-corrected chi connectivity index (χ4v) is 3.74. The molecule has 0 aliphatic heterocycles. The molecule has 29 heavy (non-hydrogen) atoms. The Hall–Kier alpha value is -2.49. The van der Waals surface area contributed by atoms with E-state index in [4.69, 9.17) is 16.3 Å². The van der Waals surface area contributed by atoms with E-state index in [0.717, 1.165) is 17.8 Å². The van der Waals surface area contributed by atoms with Crippen LogP contribution in [0.4, 0.5) is 0 Å². The van der Waals surface area contributed by atoms with Crippen LogP contribution in [0, 0.1) is 20.8 Å². The molecule has 0 atom stereocenters. The van der Waals surface area contributed by atoms with Crippen LogP contribution in [0.1, 0.15) is 28.1 Å². The molecule has 2 aromatic carbocycles. The van der Waals surface area contributed by atoms with E-state index >= 15 is 0 Å². The number of benzene rings is 2. The van der Waals surface area contributed by atoms with Gasteiger partial charge in [0.05, 0.1) is 10.5 Å². The number of ether oxygens (including phenoxy) is 1. The summed E-state index contributed by atoms with van der Waals surface area (Å²) in [5.41, 5.74) is 7.12. The molecule has 0 spiro atoms.